The zero-order valence-electron chi connectivity index (χ0n) is 11.9. The second kappa shape index (κ2) is 4.77. The third-order valence-corrected chi connectivity index (χ3v) is 3.85. The molecule has 4 rings (SSSR count). The Labute approximate surface area is 123 Å². The van der Waals surface area contributed by atoms with E-state index in [9.17, 15) is 0 Å². The minimum absolute atomic E-state index is 0.632. The van der Waals surface area contributed by atoms with Gasteiger partial charge >= 0.3 is 0 Å². The average molecular weight is 279 g/mol. The number of pyridine rings is 1. The van der Waals surface area contributed by atoms with Crippen molar-refractivity contribution in [1.82, 2.24) is 14.6 Å². The zero-order valence-corrected chi connectivity index (χ0v) is 11.9. The number of fused-ring (bicyclic) bond motifs is 2. The number of hydrogen-bond donors (Lipinski definition) is 2. The molecule has 0 fully saturated rings. The number of aromatic nitrogens is 3. The molecule has 0 atom stereocenters. The summed E-state index contributed by atoms with van der Waals surface area (Å²) >= 11 is 0. The minimum Gasteiger partial charge on any atom is -0.385 e. The van der Waals surface area contributed by atoms with E-state index in [-0.39, 0.29) is 0 Å². The van der Waals surface area contributed by atoms with Crippen LogP contribution in [0.15, 0.2) is 36.4 Å². The second-order valence-electron chi connectivity index (χ2n) is 5.40. The Morgan fingerprint density at radius 1 is 1.24 bits per heavy atom. The van der Waals surface area contributed by atoms with E-state index in [1.54, 1.807) is 0 Å². The van der Waals surface area contributed by atoms with Crippen LogP contribution in [-0.4, -0.2) is 21.1 Å². The molecule has 3 aromatic rings. The Balaban J connectivity index is 1.66. The van der Waals surface area contributed by atoms with E-state index in [0.29, 0.717) is 5.95 Å². The lowest BCUT2D eigenvalue weighted by atomic mass is 10.0. The number of benzene rings is 1. The molecule has 2 aromatic heterocycles. The molecule has 0 saturated carbocycles. The molecule has 1 aliphatic rings. The van der Waals surface area contributed by atoms with Crippen LogP contribution < -0.4 is 10.6 Å². The quantitative estimate of drug-likeness (QED) is 0.756. The molecule has 0 spiro atoms. The fourth-order valence-corrected chi connectivity index (χ4v) is 2.77. The highest BCUT2D eigenvalue weighted by Crippen LogP contribution is 2.26. The van der Waals surface area contributed by atoms with Crippen molar-refractivity contribution >= 4 is 23.0 Å². The van der Waals surface area contributed by atoms with Gasteiger partial charge in [-0.15, -0.1) is 5.10 Å². The van der Waals surface area contributed by atoms with Gasteiger partial charge in [-0.05, 0) is 55.7 Å². The highest BCUT2D eigenvalue weighted by molar-refractivity contribution is 5.64. The summed E-state index contributed by atoms with van der Waals surface area (Å²) in [5, 5.41) is 11.2. The van der Waals surface area contributed by atoms with Crippen LogP contribution in [-0.2, 0) is 6.42 Å². The Morgan fingerprint density at radius 3 is 3.10 bits per heavy atom. The summed E-state index contributed by atoms with van der Waals surface area (Å²) in [6.07, 6.45) is 2.30. The van der Waals surface area contributed by atoms with Gasteiger partial charge in [0.1, 0.15) is 0 Å². The molecular formula is C16H17N5. The van der Waals surface area contributed by atoms with Crippen LogP contribution in [0.2, 0.25) is 0 Å². The summed E-state index contributed by atoms with van der Waals surface area (Å²) in [4.78, 5) is 4.51. The SMILES string of the molecule is Cc1cccc2nc(Nc3ccc4c(c3)CCCN4)nn12. The van der Waals surface area contributed by atoms with Gasteiger partial charge in [-0.3, -0.25) is 0 Å². The van der Waals surface area contributed by atoms with E-state index in [1.807, 2.05) is 29.6 Å². The van der Waals surface area contributed by atoms with Crippen molar-refractivity contribution in [3.63, 3.8) is 0 Å². The van der Waals surface area contributed by atoms with Crippen molar-refractivity contribution in [3.8, 4) is 0 Å². The smallest absolute Gasteiger partial charge is 0.247 e. The maximum Gasteiger partial charge on any atom is 0.247 e. The summed E-state index contributed by atoms with van der Waals surface area (Å²) in [7, 11) is 0. The van der Waals surface area contributed by atoms with Crippen LogP contribution in [0.25, 0.3) is 5.65 Å². The summed E-state index contributed by atoms with van der Waals surface area (Å²) in [6.45, 7) is 3.09. The van der Waals surface area contributed by atoms with E-state index in [2.05, 4.69) is 38.9 Å². The van der Waals surface area contributed by atoms with E-state index in [1.165, 1.54) is 17.7 Å². The van der Waals surface area contributed by atoms with Gasteiger partial charge in [0, 0.05) is 23.6 Å². The van der Waals surface area contributed by atoms with E-state index in [4.69, 9.17) is 0 Å². The molecule has 0 bridgehead atoms. The topological polar surface area (TPSA) is 54.2 Å². The van der Waals surface area contributed by atoms with Crippen LogP contribution in [0.3, 0.4) is 0 Å². The highest BCUT2D eigenvalue weighted by Gasteiger charge is 2.10. The molecule has 2 N–H and O–H groups in total. The van der Waals surface area contributed by atoms with Crippen molar-refractivity contribution in [2.24, 2.45) is 0 Å². The third-order valence-electron chi connectivity index (χ3n) is 3.85. The largest absolute Gasteiger partial charge is 0.385 e. The van der Waals surface area contributed by atoms with Crippen molar-refractivity contribution in [1.29, 1.82) is 0 Å². The first-order valence-electron chi connectivity index (χ1n) is 7.26. The predicted octanol–water partition coefficient (Wildman–Crippen LogP) is 3.14. The first-order valence-corrected chi connectivity index (χ1v) is 7.26. The van der Waals surface area contributed by atoms with Gasteiger partial charge in [0.15, 0.2) is 5.65 Å². The maximum absolute atomic E-state index is 4.51. The van der Waals surface area contributed by atoms with Crippen LogP contribution in [0.4, 0.5) is 17.3 Å². The Morgan fingerprint density at radius 2 is 2.19 bits per heavy atom. The van der Waals surface area contributed by atoms with Gasteiger partial charge in [-0.25, -0.2) is 4.52 Å². The number of rotatable bonds is 2. The normalized spacial score (nSPS) is 13.8. The van der Waals surface area contributed by atoms with Gasteiger partial charge in [-0.1, -0.05) is 6.07 Å². The van der Waals surface area contributed by atoms with E-state index in [0.717, 1.165) is 30.0 Å². The lowest BCUT2D eigenvalue weighted by Crippen LogP contribution is -2.11. The maximum atomic E-state index is 4.51. The zero-order chi connectivity index (χ0) is 14.2. The molecule has 3 heterocycles. The highest BCUT2D eigenvalue weighted by atomic mass is 15.3. The van der Waals surface area contributed by atoms with E-state index >= 15 is 0 Å². The first kappa shape index (κ1) is 12.2. The third kappa shape index (κ3) is 2.20. The Bertz CT molecular complexity index is 806. The van der Waals surface area contributed by atoms with Crippen LogP contribution in [0, 0.1) is 6.92 Å². The van der Waals surface area contributed by atoms with Crippen LogP contribution >= 0.6 is 0 Å². The molecule has 106 valence electrons. The number of nitrogens with one attached hydrogen (secondary N) is 2. The summed E-state index contributed by atoms with van der Waals surface area (Å²) in [6, 6.07) is 12.3. The van der Waals surface area contributed by atoms with Gasteiger partial charge < -0.3 is 10.6 Å². The Kier molecular flexibility index (Phi) is 2.77. The van der Waals surface area contributed by atoms with Gasteiger partial charge in [0.25, 0.3) is 0 Å². The van der Waals surface area contributed by atoms with Crippen molar-refractivity contribution < 1.29 is 0 Å². The lowest BCUT2D eigenvalue weighted by Gasteiger charge is -2.18. The van der Waals surface area contributed by atoms with Gasteiger partial charge in [0.05, 0.1) is 0 Å². The van der Waals surface area contributed by atoms with Crippen molar-refractivity contribution in [3.05, 3.63) is 47.7 Å². The standard InChI is InChI=1S/C16H17N5/c1-11-4-2-6-15-19-16(20-21(11)15)18-13-7-8-14-12(10-13)5-3-9-17-14/h2,4,6-8,10,17H,3,5,9H2,1H3,(H,18,20). The fraction of sp³-hybridized carbons (Fsp3) is 0.250. The van der Waals surface area contributed by atoms with Crippen LogP contribution in [0.1, 0.15) is 17.7 Å². The van der Waals surface area contributed by atoms with Crippen LogP contribution in [0.5, 0.6) is 0 Å². The average Bonchev–Trinajstić information content (AvgIpc) is 2.91. The summed E-state index contributed by atoms with van der Waals surface area (Å²) < 4.78 is 1.85. The molecule has 1 aromatic carbocycles. The number of nitrogens with zero attached hydrogens (tertiary/aromatic N) is 3. The van der Waals surface area contributed by atoms with E-state index < -0.39 is 0 Å². The monoisotopic (exact) mass is 279 g/mol. The fourth-order valence-electron chi connectivity index (χ4n) is 2.77. The summed E-state index contributed by atoms with van der Waals surface area (Å²) in [5.74, 6) is 0.632. The minimum atomic E-state index is 0.632. The van der Waals surface area contributed by atoms with Gasteiger partial charge in [0.2, 0.25) is 5.95 Å². The lowest BCUT2D eigenvalue weighted by molar-refractivity contribution is 0.830. The number of anilines is 3. The van der Waals surface area contributed by atoms with Gasteiger partial charge in [-0.2, -0.15) is 4.98 Å². The predicted molar refractivity (Wildman–Crippen MR) is 84.3 cm³/mol. The molecule has 0 aliphatic carbocycles. The van der Waals surface area contributed by atoms with Crippen molar-refractivity contribution in [2.45, 2.75) is 19.8 Å². The molecule has 0 amide bonds. The molecule has 5 nitrogen and oxygen atoms in total. The molecule has 5 heteroatoms. The molecule has 1 aliphatic heterocycles. The molecular weight excluding hydrogens is 262 g/mol. The Hall–Kier alpha value is -2.56. The molecule has 0 saturated heterocycles. The number of aryl methyl sites for hydroxylation is 2. The summed E-state index contributed by atoms with van der Waals surface area (Å²) in [5.41, 5.74) is 5.56. The number of hydrogen-bond acceptors (Lipinski definition) is 4. The molecule has 0 radical (unpaired) electrons. The molecule has 21 heavy (non-hydrogen) atoms. The first-order chi connectivity index (χ1) is 10.3. The molecule has 0 unspecified atom stereocenters. The second-order valence-corrected chi connectivity index (χ2v) is 5.40. The van der Waals surface area contributed by atoms with Crippen molar-refractivity contribution in [2.75, 3.05) is 17.2 Å².